The Kier molecular flexibility index (Phi) is 6.22. The summed E-state index contributed by atoms with van der Waals surface area (Å²) in [6.07, 6.45) is 0.894. The molecule has 2 amide bonds. The van der Waals surface area contributed by atoms with E-state index in [1.54, 1.807) is 31.4 Å². The SMILES string of the molecule is CCCOc1cccc(NC2=C(c3ccccc3)C(=O)N(c3ccc(OC)cc3)C2=O)c1. The Morgan fingerprint density at radius 1 is 0.844 bits per heavy atom. The number of anilines is 2. The molecular weight excluding hydrogens is 404 g/mol. The van der Waals surface area contributed by atoms with Gasteiger partial charge in [-0.2, -0.15) is 0 Å². The van der Waals surface area contributed by atoms with Crippen molar-refractivity contribution in [3.05, 3.63) is 90.1 Å². The van der Waals surface area contributed by atoms with Crippen LogP contribution in [0.1, 0.15) is 18.9 Å². The molecule has 0 spiro atoms. The normalized spacial score (nSPS) is 13.5. The second-order valence-electron chi connectivity index (χ2n) is 7.26. The van der Waals surface area contributed by atoms with Gasteiger partial charge in [0, 0.05) is 11.8 Å². The van der Waals surface area contributed by atoms with Gasteiger partial charge in [-0.1, -0.05) is 43.3 Å². The Labute approximate surface area is 187 Å². The first kappa shape index (κ1) is 21.2. The second-order valence-corrected chi connectivity index (χ2v) is 7.26. The van der Waals surface area contributed by atoms with Gasteiger partial charge >= 0.3 is 0 Å². The lowest BCUT2D eigenvalue weighted by molar-refractivity contribution is -0.120. The lowest BCUT2D eigenvalue weighted by Crippen LogP contribution is -2.32. The number of benzene rings is 3. The lowest BCUT2D eigenvalue weighted by Gasteiger charge is -2.16. The minimum atomic E-state index is -0.418. The number of nitrogens with zero attached hydrogens (tertiary/aromatic N) is 1. The number of ether oxygens (including phenoxy) is 2. The van der Waals surface area contributed by atoms with Crippen molar-refractivity contribution in [3.63, 3.8) is 0 Å². The number of hydrogen-bond acceptors (Lipinski definition) is 5. The first-order chi connectivity index (χ1) is 15.6. The smallest absolute Gasteiger partial charge is 0.282 e. The summed E-state index contributed by atoms with van der Waals surface area (Å²) in [5.41, 5.74) is 2.37. The Bertz CT molecular complexity index is 1150. The average Bonchev–Trinajstić information content (AvgIpc) is 3.07. The van der Waals surface area contributed by atoms with Crippen LogP contribution in [0.5, 0.6) is 11.5 Å². The maximum atomic E-state index is 13.4. The third-order valence-electron chi connectivity index (χ3n) is 5.05. The van der Waals surface area contributed by atoms with Gasteiger partial charge in [0.05, 0.1) is 25.0 Å². The van der Waals surface area contributed by atoms with Crippen LogP contribution in [0.25, 0.3) is 5.57 Å². The van der Waals surface area contributed by atoms with Gasteiger partial charge in [-0.3, -0.25) is 9.59 Å². The van der Waals surface area contributed by atoms with Crippen molar-refractivity contribution in [2.75, 3.05) is 23.9 Å². The van der Waals surface area contributed by atoms with E-state index >= 15 is 0 Å². The van der Waals surface area contributed by atoms with Crippen LogP contribution in [0, 0.1) is 0 Å². The molecule has 0 bridgehead atoms. The molecule has 0 saturated carbocycles. The van der Waals surface area contributed by atoms with Gasteiger partial charge in [0.1, 0.15) is 17.2 Å². The molecule has 1 aliphatic heterocycles. The van der Waals surface area contributed by atoms with Crippen LogP contribution in [0.2, 0.25) is 0 Å². The number of amides is 2. The highest BCUT2D eigenvalue weighted by molar-refractivity contribution is 6.46. The van der Waals surface area contributed by atoms with E-state index in [-0.39, 0.29) is 11.6 Å². The molecule has 162 valence electrons. The van der Waals surface area contributed by atoms with Crippen molar-refractivity contribution < 1.29 is 19.1 Å². The number of hydrogen-bond donors (Lipinski definition) is 1. The largest absolute Gasteiger partial charge is 0.497 e. The molecule has 0 aliphatic carbocycles. The van der Waals surface area contributed by atoms with Crippen LogP contribution in [-0.4, -0.2) is 25.5 Å². The molecule has 0 radical (unpaired) electrons. The Morgan fingerprint density at radius 2 is 1.59 bits per heavy atom. The van der Waals surface area contributed by atoms with E-state index in [4.69, 9.17) is 9.47 Å². The lowest BCUT2D eigenvalue weighted by atomic mass is 10.0. The summed E-state index contributed by atoms with van der Waals surface area (Å²) in [6, 6.07) is 23.4. The van der Waals surface area contributed by atoms with E-state index < -0.39 is 5.91 Å². The molecule has 1 N–H and O–H groups in total. The molecule has 4 rings (SSSR count). The van der Waals surface area contributed by atoms with E-state index in [9.17, 15) is 9.59 Å². The molecule has 6 heteroatoms. The fourth-order valence-corrected chi connectivity index (χ4v) is 3.51. The fourth-order valence-electron chi connectivity index (χ4n) is 3.51. The molecule has 0 aromatic heterocycles. The van der Waals surface area contributed by atoms with Crippen LogP contribution in [0.15, 0.2) is 84.6 Å². The molecule has 3 aromatic rings. The van der Waals surface area contributed by atoms with Gasteiger partial charge < -0.3 is 14.8 Å². The van der Waals surface area contributed by atoms with E-state index in [1.165, 1.54) is 4.90 Å². The minimum Gasteiger partial charge on any atom is -0.497 e. The Morgan fingerprint density at radius 3 is 2.28 bits per heavy atom. The number of rotatable bonds is 8. The number of carbonyl (C=O) groups excluding carboxylic acids is 2. The molecule has 0 unspecified atom stereocenters. The van der Waals surface area contributed by atoms with Crippen molar-refractivity contribution in [2.24, 2.45) is 0 Å². The Balaban J connectivity index is 1.73. The fraction of sp³-hybridized carbons (Fsp3) is 0.154. The van der Waals surface area contributed by atoms with Crippen LogP contribution >= 0.6 is 0 Å². The van der Waals surface area contributed by atoms with Crippen LogP contribution in [0.3, 0.4) is 0 Å². The molecule has 0 atom stereocenters. The maximum absolute atomic E-state index is 13.4. The third-order valence-corrected chi connectivity index (χ3v) is 5.05. The monoisotopic (exact) mass is 428 g/mol. The molecule has 3 aromatic carbocycles. The number of methoxy groups -OCH3 is 1. The van der Waals surface area contributed by atoms with E-state index in [2.05, 4.69) is 5.32 Å². The quantitative estimate of drug-likeness (QED) is 0.518. The first-order valence-electron chi connectivity index (χ1n) is 10.4. The van der Waals surface area contributed by atoms with Crippen molar-refractivity contribution in [1.29, 1.82) is 0 Å². The molecule has 6 nitrogen and oxygen atoms in total. The van der Waals surface area contributed by atoms with Crippen LogP contribution in [-0.2, 0) is 9.59 Å². The maximum Gasteiger partial charge on any atom is 0.282 e. The molecule has 0 saturated heterocycles. The molecular formula is C26H24N2O4. The number of carbonyl (C=O) groups is 2. The van der Waals surface area contributed by atoms with Gasteiger partial charge in [-0.15, -0.1) is 0 Å². The zero-order chi connectivity index (χ0) is 22.5. The second kappa shape index (κ2) is 9.39. The van der Waals surface area contributed by atoms with E-state index in [0.29, 0.717) is 40.6 Å². The molecule has 0 fully saturated rings. The highest BCUT2D eigenvalue weighted by atomic mass is 16.5. The van der Waals surface area contributed by atoms with Gasteiger partial charge in [0.2, 0.25) is 0 Å². The summed E-state index contributed by atoms with van der Waals surface area (Å²) in [6.45, 7) is 2.64. The molecule has 1 aliphatic rings. The highest BCUT2D eigenvalue weighted by Gasteiger charge is 2.40. The van der Waals surface area contributed by atoms with Gasteiger partial charge in [0.25, 0.3) is 11.8 Å². The summed E-state index contributed by atoms with van der Waals surface area (Å²) in [5, 5.41) is 3.17. The molecule has 1 heterocycles. The van der Waals surface area contributed by atoms with E-state index in [0.717, 1.165) is 6.42 Å². The number of imide groups is 1. The number of nitrogens with one attached hydrogen (secondary N) is 1. The third kappa shape index (κ3) is 4.21. The summed E-state index contributed by atoms with van der Waals surface area (Å²) in [7, 11) is 1.57. The van der Waals surface area contributed by atoms with Gasteiger partial charge in [-0.05, 0) is 48.4 Å². The van der Waals surface area contributed by atoms with Gasteiger partial charge in [-0.25, -0.2) is 4.90 Å². The Hall–Kier alpha value is -4.06. The summed E-state index contributed by atoms with van der Waals surface area (Å²) in [4.78, 5) is 28.1. The minimum absolute atomic E-state index is 0.227. The zero-order valence-corrected chi connectivity index (χ0v) is 18.0. The molecule has 32 heavy (non-hydrogen) atoms. The first-order valence-corrected chi connectivity index (χ1v) is 10.4. The summed E-state index contributed by atoms with van der Waals surface area (Å²) < 4.78 is 10.9. The van der Waals surface area contributed by atoms with Crippen molar-refractivity contribution in [1.82, 2.24) is 0 Å². The van der Waals surface area contributed by atoms with Gasteiger partial charge in [0.15, 0.2) is 0 Å². The topological polar surface area (TPSA) is 67.9 Å². The van der Waals surface area contributed by atoms with Crippen LogP contribution < -0.4 is 19.7 Å². The summed E-state index contributed by atoms with van der Waals surface area (Å²) in [5.74, 6) is 0.542. The predicted molar refractivity (Wildman–Crippen MR) is 125 cm³/mol. The van der Waals surface area contributed by atoms with E-state index in [1.807, 2.05) is 61.5 Å². The summed E-state index contributed by atoms with van der Waals surface area (Å²) >= 11 is 0. The van der Waals surface area contributed by atoms with Crippen molar-refractivity contribution >= 4 is 28.8 Å². The predicted octanol–water partition coefficient (Wildman–Crippen LogP) is 4.88. The van der Waals surface area contributed by atoms with Crippen LogP contribution in [0.4, 0.5) is 11.4 Å². The average molecular weight is 428 g/mol. The highest BCUT2D eigenvalue weighted by Crippen LogP contribution is 2.34. The zero-order valence-electron chi connectivity index (χ0n) is 18.0. The van der Waals surface area contributed by atoms with Crippen molar-refractivity contribution in [2.45, 2.75) is 13.3 Å². The van der Waals surface area contributed by atoms with Crippen molar-refractivity contribution in [3.8, 4) is 11.5 Å². The standard InChI is InChI=1S/C26H24N2O4/c1-3-16-32-22-11-7-10-19(17-22)27-24-23(18-8-5-4-6-9-18)25(29)28(26(24)30)20-12-14-21(31-2)15-13-20/h4-15,17,27H,3,16H2,1-2H3.